The maximum Gasteiger partial charge on any atom is 2.00 e. The van der Waals surface area contributed by atoms with Gasteiger partial charge in [-0.2, -0.15) is 10.2 Å². The van der Waals surface area contributed by atoms with Crippen LogP contribution in [-0.4, -0.2) is 23.4 Å². The number of nitrogens with one attached hydrogen (secondary N) is 4. The van der Waals surface area contributed by atoms with Gasteiger partial charge in [-0.25, -0.2) is 0 Å². The summed E-state index contributed by atoms with van der Waals surface area (Å²) in [6, 6.07) is 46.9. The van der Waals surface area contributed by atoms with Gasteiger partial charge in [0.25, 0.3) is 0 Å². The van der Waals surface area contributed by atoms with Crippen LogP contribution in [0, 0.1) is 0 Å². The first-order chi connectivity index (χ1) is 22.6. The van der Waals surface area contributed by atoms with Crippen molar-refractivity contribution in [1.29, 1.82) is 0 Å². The standard InChI is InChI=1S/2C18H17N3OS.Pd/c2*23-18(20-15-9-5-2-6-10-15)21-19-13-16-11-12-17(22-16)14-7-3-1-4-8-14;/h2*1-13,18,20-21,23H;/q;;+2/p-2/b2*19-13-;. The number of hydrogen-bond donors (Lipinski definition) is 4. The van der Waals surface area contributed by atoms with Gasteiger partial charge in [0.15, 0.2) is 0 Å². The van der Waals surface area contributed by atoms with Gasteiger partial charge in [-0.15, -0.1) is 0 Å². The van der Waals surface area contributed by atoms with E-state index in [1.54, 1.807) is 12.4 Å². The van der Waals surface area contributed by atoms with Crippen molar-refractivity contribution in [1.82, 2.24) is 10.9 Å². The SMILES string of the molecule is [Pd+2].[S-]C(N/N=C\c1ccc(-c2ccccc2)o1)Nc1ccccc1.[S-]C(N/N=C\c1ccc(-c2ccccc2)o1)Nc1ccccc1. The van der Waals surface area contributed by atoms with Crippen molar-refractivity contribution in [2.24, 2.45) is 10.2 Å². The molecule has 0 radical (unpaired) electrons. The van der Waals surface area contributed by atoms with Gasteiger partial charge < -0.3 is 55.6 Å². The zero-order valence-electron chi connectivity index (χ0n) is 25.0. The molecule has 0 saturated carbocycles. The molecule has 0 aliphatic carbocycles. The van der Waals surface area contributed by atoms with Crippen molar-refractivity contribution in [2.75, 3.05) is 10.6 Å². The van der Waals surface area contributed by atoms with E-state index in [9.17, 15) is 0 Å². The Labute approximate surface area is 299 Å². The minimum absolute atomic E-state index is 0. The summed E-state index contributed by atoms with van der Waals surface area (Å²) in [6.07, 6.45) is 3.22. The van der Waals surface area contributed by atoms with E-state index in [1.165, 1.54) is 0 Å². The second-order valence-corrected chi connectivity index (χ2v) is 10.6. The van der Waals surface area contributed by atoms with Crippen molar-refractivity contribution in [2.45, 2.75) is 11.0 Å². The minimum atomic E-state index is -0.405. The third-order valence-corrected chi connectivity index (χ3v) is 6.73. The van der Waals surface area contributed by atoms with Crippen LogP contribution in [0.2, 0.25) is 0 Å². The first kappa shape index (κ1) is 35.2. The molecular weight excluding hydrogens is 719 g/mol. The van der Waals surface area contributed by atoms with Crippen molar-refractivity contribution >= 4 is 49.1 Å². The quantitative estimate of drug-likeness (QED) is 0.0334. The summed E-state index contributed by atoms with van der Waals surface area (Å²) >= 11 is 10.5. The average molecular weight is 751 g/mol. The van der Waals surface area contributed by atoms with Crippen LogP contribution in [0.3, 0.4) is 0 Å². The van der Waals surface area contributed by atoms with Crippen molar-refractivity contribution in [3.63, 3.8) is 0 Å². The van der Waals surface area contributed by atoms with E-state index < -0.39 is 11.0 Å². The number of anilines is 2. The Morgan fingerprint density at radius 1 is 0.468 bits per heavy atom. The van der Waals surface area contributed by atoms with Gasteiger partial charge in [0.05, 0.1) is 12.4 Å². The molecule has 0 fully saturated rings. The number of hydrogen-bond acceptors (Lipinski definition) is 10. The maximum absolute atomic E-state index is 5.73. The number of nitrogens with zero attached hydrogens (tertiary/aromatic N) is 2. The van der Waals surface area contributed by atoms with Gasteiger partial charge in [0.1, 0.15) is 23.0 Å². The molecule has 0 amide bonds. The first-order valence-electron chi connectivity index (χ1n) is 14.4. The monoisotopic (exact) mass is 750 g/mol. The summed E-state index contributed by atoms with van der Waals surface area (Å²) in [5, 5.41) is 14.5. The van der Waals surface area contributed by atoms with Crippen LogP contribution >= 0.6 is 0 Å². The molecular formula is C36H32N6O2PdS2. The van der Waals surface area contributed by atoms with Gasteiger partial charge in [-0.3, -0.25) is 0 Å². The molecule has 0 aliphatic rings. The smallest absolute Gasteiger partial charge is 0.745 e. The molecule has 2 atom stereocenters. The average Bonchev–Trinajstić information content (AvgIpc) is 3.77. The van der Waals surface area contributed by atoms with Crippen LogP contribution in [0.15, 0.2) is 165 Å². The number of hydrazone groups is 2. The molecule has 4 N–H and O–H groups in total. The van der Waals surface area contributed by atoms with E-state index >= 15 is 0 Å². The van der Waals surface area contributed by atoms with E-state index in [4.69, 9.17) is 34.1 Å². The van der Waals surface area contributed by atoms with Gasteiger partial charge in [-0.1, -0.05) is 97.1 Å². The molecule has 47 heavy (non-hydrogen) atoms. The third kappa shape index (κ3) is 11.9. The molecule has 2 unspecified atom stereocenters. The van der Waals surface area contributed by atoms with E-state index in [-0.39, 0.29) is 20.4 Å². The van der Waals surface area contributed by atoms with Crippen LogP contribution < -0.4 is 21.5 Å². The van der Waals surface area contributed by atoms with Crippen LogP contribution in [0.4, 0.5) is 11.4 Å². The summed E-state index contributed by atoms with van der Waals surface area (Å²) in [7, 11) is 0. The van der Waals surface area contributed by atoms with Gasteiger partial charge in [-0.05, 0) is 59.5 Å². The van der Waals surface area contributed by atoms with E-state index in [0.29, 0.717) is 11.5 Å². The summed E-state index contributed by atoms with van der Waals surface area (Å²) in [4.78, 5) is 0. The molecule has 0 aliphatic heterocycles. The van der Waals surface area contributed by atoms with Gasteiger partial charge in [0, 0.05) is 22.5 Å². The van der Waals surface area contributed by atoms with E-state index in [1.807, 2.05) is 146 Å². The molecule has 0 spiro atoms. The Hall–Kier alpha value is -4.66. The number of furan rings is 2. The second kappa shape index (κ2) is 19.1. The second-order valence-electron chi connectivity index (χ2n) is 9.69. The molecule has 6 rings (SSSR count). The Morgan fingerprint density at radius 3 is 1.17 bits per heavy atom. The Balaban J connectivity index is 0.000000208. The maximum atomic E-state index is 5.73. The fourth-order valence-corrected chi connectivity index (χ4v) is 4.53. The molecule has 2 aromatic heterocycles. The van der Waals surface area contributed by atoms with Crippen molar-refractivity contribution < 1.29 is 29.3 Å². The summed E-state index contributed by atoms with van der Waals surface area (Å²) < 4.78 is 11.5. The van der Waals surface area contributed by atoms with Crippen LogP contribution in [-0.2, 0) is 45.7 Å². The van der Waals surface area contributed by atoms with Crippen LogP contribution in [0.1, 0.15) is 11.5 Å². The van der Waals surface area contributed by atoms with Crippen molar-refractivity contribution in [3.8, 4) is 22.6 Å². The number of benzene rings is 4. The number of para-hydroxylation sites is 2. The summed E-state index contributed by atoms with van der Waals surface area (Å²) in [5.41, 5.74) is 8.83. The predicted molar refractivity (Wildman–Crippen MR) is 192 cm³/mol. The molecule has 4 aromatic carbocycles. The minimum Gasteiger partial charge on any atom is -0.745 e. The summed E-state index contributed by atoms with van der Waals surface area (Å²) in [6.45, 7) is 0. The molecule has 240 valence electrons. The van der Waals surface area contributed by atoms with Gasteiger partial charge >= 0.3 is 20.4 Å². The fourth-order valence-electron chi connectivity index (χ4n) is 4.13. The van der Waals surface area contributed by atoms with Crippen LogP contribution in [0.25, 0.3) is 22.6 Å². The molecule has 0 saturated heterocycles. The van der Waals surface area contributed by atoms with Crippen molar-refractivity contribution in [3.05, 3.63) is 157 Å². The zero-order valence-corrected chi connectivity index (χ0v) is 28.2. The van der Waals surface area contributed by atoms with E-state index in [2.05, 4.69) is 31.7 Å². The largest absolute Gasteiger partial charge is 2.00 e. The molecule has 8 nitrogen and oxygen atoms in total. The first-order valence-corrected chi connectivity index (χ1v) is 15.4. The predicted octanol–water partition coefficient (Wildman–Crippen LogP) is 7.62. The Kier molecular flexibility index (Phi) is 14.3. The molecule has 6 aromatic rings. The van der Waals surface area contributed by atoms with E-state index in [0.717, 1.165) is 34.0 Å². The Morgan fingerprint density at radius 2 is 0.809 bits per heavy atom. The van der Waals surface area contributed by atoms with Gasteiger partial charge in [0.2, 0.25) is 0 Å². The fraction of sp³-hybridized carbons (Fsp3) is 0.0556. The zero-order chi connectivity index (χ0) is 31.8. The molecule has 2 heterocycles. The normalized spacial score (nSPS) is 12.0. The summed E-state index contributed by atoms with van der Waals surface area (Å²) in [5.74, 6) is 2.95. The molecule has 0 bridgehead atoms. The third-order valence-electron chi connectivity index (χ3n) is 6.28. The van der Waals surface area contributed by atoms with Crippen LogP contribution in [0.5, 0.6) is 0 Å². The Bertz CT molecular complexity index is 1650. The topological polar surface area (TPSA) is 99.1 Å². The molecule has 11 heteroatoms. The number of rotatable bonds is 12.